The number of hydrogen-bond donors (Lipinski definition) is 10. The van der Waals surface area contributed by atoms with E-state index in [1.807, 2.05) is 128 Å². The van der Waals surface area contributed by atoms with Gasteiger partial charge in [-0.2, -0.15) is 0 Å². The molecule has 0 bridgehead atoms. The van der Waals surface area contributed by atoms with Crippen LogP contribution in [0.15, 0.2) is 189 Å². The maximum Gasteiger partial charge on any atom is 0.224 e. The molecule has 100 heavy (non-hydrogen) atoms. The van der Waals surface area contributed by atoms with E-state index < -0.39 is 68.0 Å². The Labute approximate surface area is 574 Å². The number of aromatic nitrogens is 15. The zero-order chi connectivity index (χ0) is 70.2. The van der Waals surface area contributed by atoms with Gasteiger partial charge in [0, 0.05) is 121 Å². The number of Topliss-reactive ketones (excluding diaryl/α,β-unsaturated/α-hetero) is 1. The Kier molecular flexibility index (Phi) is 26.8. The van der Waals surface area contributed by atoms with E-state index in [2.05, 4.69) is 86.6 Å². The molecule has 32 nitrogen and oxygen atoms in total. The van der Waals surface area contributed by atoms with E-state index in [1.54, 1.807) is 66.4 Å². The third-order valence-corrected chi connectivity index (χ3v) is 16.1. The summed E-state index contributed by atoms with van der Waals surface area (Å²) in [7, 11) is 0. The van der Waals surface area contributed by atoms with Gasteiger partial charge in [0.2, 0.25) is 5.91 Å². The molecule has 1 aromatic carbocycles. The lowest BCUT2D eigenvalue weighted by Crippen LogP contribution is -2.58. The van der Waals surface area contributed by atoms with Gasteiger partial charge >= 0.3 is 0 Å². The number of quaternary nitrogens is 1. The van der Waals surface area contributed by atoms with Crippen molar-refractivity contribution < 1.29 is 65.6 Å². The molecule has 10 aromatic rings. The SMILES string of the molecule is OC1O[C@H](Cn2cc(CN(Cc3ccccn3)Cc3ccccn3)nn2)[C@H](O)[C@H](O)[C@H]1O.OC[C@H]1OC(O)[C@H](n2cc(CN(Cc3ccccn3)Cc3ccccn3)nn2)[C@@H](O)[C@@H]1O.[NH3+]CC(=O)CCC(=O)Nc1ccc(-n2cc(CN(Cc3ccccn3)Cc3ccccn3)nn2)cc1. The van der Waals surface area contributed by atoms with Crippen LogP contribution in [0.3, 0.4) is 0 Å². The molecule has 2 aliphatic heterocycles. The van der Waals surface area contributed by atoms with Gasteiger partial charge in [0.05, 0.1) is 82.5 Å². The van der Waals surface area contributed by atoms with E-state index in [-0.39, 0.29) is 37.6 Å². The number of aliphatic hydroxyl groups excluding tert-OH is 8. The van der Waals surface area contributed by atoms with Gasteiger partial charge < -0.3 is 61.4 Å². The quantitative estimate of drug-likeness (QED) is 0.0311. The van der Waals surface area contributed by atoms with Gasteiger partial charge in [-0.1, -0.05) is 52.0 Å². The maximum absolute atomic E-state index is 12.0. The molecule has 11 heterocycles. The number of anilines is 1. The topological polar surface area (TPSA) is 433 Å². The number of carbonyl (C=O) groups excluding carboxylic acids is 2. The molecule has 0 aliphatic carbocycles. The van der Waals surface area contributed by atoms with Crippen molar-refractivity contribution in [2.75, 3.05) is 18.5 Å². The zero-order valence-electron chi connectivity index (χ0n) is 54.5. The van der Waals surface area contributed by atoms with Gasteiger partial charge in [-0.3, -0.25) is 54.2 Å². The van der Waals surface area contributed by atoms with Crippen LogP contribution in [-0.4, -0.2) is 211 Å². The van der Waals surface area contributed by atoms with Crippen LogP contribution in [-0.2, 0) is 84.5 Å². The van der Waals surface area contributed by atoms with E-state index >= 15 is 0 Å². The number of benzene rings is 1. The largest absolute Gasteiger partial charge is 0.394 e. The van der Waals surface area contributed by atoms with E-state index in [4.69, 9.17) is 9.47 Å². The molecule has 1 amide bonds. The minimum Gasteiger partial charge on any atom is -0.394 e. The molecule has 32 heteroatoms. The van der Waals surface area contributed by atoms with Crippen LogP contribution in [0.5, 0.6) is 0 Å². The number of rotatable bonds is 28. The second-order valence-corrected chi connectivity index (χ2v) is 23.8. The number of aliphatic hydroxyl groups is 8. The van der Waals surface area contributed by atoms with Crippen LogP contribution >= 0.6 is 0 Å². The Morgan fingerprint density at radius 1 is 0.440 bits per heavy atom. The summed E-state index contributed by atoms with van der Waals surface area (Å²) >= 11 is 0. The second kappa shape index (κ2) is 36.8. The summed E-state index contributed by atoms with van der Waals surface area (Å²) in [6.07, 6.45) is 3.82. The van der Waals surface area contributed by atoms with E-state index in [9.17, 15) is 50.4 Å². The minimum absolute atomic E-state index is 0.0267. The Bertz CT molecular complexity index is 3900. The van der Waals surface area contributed by atoms with Crippen LogP contribution in [0.2, 0.25) is 0 Å². The Morgan fingerprint density at radius 3 is 1.29 bits per heavy atom. The molecule has 524 valence electrons. The fourth-order valence-corrected chi connectivity index (χ4v) is 11.0. The standard InChI is InChI=1S/C26H28N8O2.2C21H26N6O5/c27-15-25(35)11-12-26(36)30-20-7-9-24(10-8-20)34-19-23(31-32-34)18-33(16-21-5-1-3-13-28-21)17-22-6-2-4-14-29-22;28-13-17-19(29)20(30)18(21(31)32-17)27-12-16(24-25-27)11-26(9-14-5-1-3-7-22-14)10-15-6-2-4-8-23-15;28-18-17(32-21(31)20(30)19(18)29)13-27-12-16(24-25-27)11-26(9-14-5-1-3-7-22-14)10-15-6-2-4-8-23-15/h1-10,13-14,19H,11-12,15-18,27H2,(H,30,36);2*1-8,12,17-21,28-31H,9-11,13H2/p+1/t;17-,18-,19-,20-,21?;17-,18+,19+,20-,21?/m.11/s1. The molecule has 2 saturated heterocycles. The number of carbonyl (C=O) groups is 2. The van der Waals surface area contributed by atoms with Gasteiger partial charge in [0.1, 0.15) is 55.3 Å². The molecule has 12 N–H and O–H groups in total. The average molecular weight is 1370 g/mol. The summed E-state index contributed by atoms with van der Waals surface area (Å²) in [4.78, 5) is 56.3. The number of ketones is 1. The summed E-state index contributed by atoms with van der Waals surface area (Å²) in [5.41, 5.74) is 12.6. The van der Waals surface area contributed by atoms with Crippen LogP contribution in [0.4, 0.5) is 5.69 Å². The molecule has 0 saturated carbocycles. The van der Waals surface area contributed by atoms with E-state index in [0.29, 0.717) is 76.0 Å². The van der Waals surface area contributed by atoms with Gasteiger partial charge in [0.15, 0.2) is 18.4 Å². The summed E-state index contributed by atoms with van der Waals surface area (Å²) in [6, 6.07) is 41.0. The number of hydrogen-bond acceptors (Lipinski definition) is 27. The molecule has 12 rings (SSSR count). The fourth-order valence-electron chi connectivity index (χ4n) is 11.0. The number of nitrogens with one attached hydrogen (secondary N) is 1. The minimum atomic E-state index is -1.59. The molecular weight excluding hydrogens is 1290 g/mol. The molecule has 0 spiro atoms. The van der Waals surface area contributed by atoms with Gasteiger partial charge in [0.25, 0.3) is 0 Å². The number of nitrogens with zero attached hydrogens (tertiary/aromatic N) is 18. The Morgan fingerprint density at radius 2 is 0.850 bits per heavy atom. The van der Waals surface area contributed by atoms with Gasteiger partial charge in [-0.05, 0) is 97.1 Å². The normalized spacial score (nSPS) is 20.5. The monoisotopic (exact) mass is 1370 g/mol. The van der Waals surface area contributed by atoms with Crippen LogP contribution < -0.4 is 11.1 Å². The van der Waals surface area contributed by atoms with E-state index in [1.165, 1.54) is 9.36 Å². The first kappa shape index (κ1) is 72.9. The molecular formula is C68H81N20O12+. The first-order chi connectivity index (χ1) is 48.6. The third kappa shape index (κ3) is 21.6. The van der Waals surface area contributed by atoms with Crippen molar-refractivity contribution in [2.24, 2.45) is 0 Å². The number of ether oxygens (including phenoxy) is 2. The number of amides is 1. The van der Waals surface area contributed by atoms with Crippen molar-refractivity contribution in [1.29, 1.82) is 0 Å². The Balaban J connectivity index is 0.000000162. The van der Waals surface area contributed by atoms with Gasteiger partial charge in [-0.25, -0.2) is 14.0 Å². The lowest BCUT2D eigenvalue weighted by Gasteiger charge is -2.39. The summed E-state index contributed by atoms with van der Waals surface area (Å²) < 4.78 is 14.9. The first-order valence-corrected chi connectivity index (χ1v) is 32.3. The van der Waals surface area contributed by atoms with Crippen molar-refractivity contribution in [3.63, 3.8) is 0 Å². The second-order valence-electron chi connectivity index (χ2n) is 23.8. The van der Waals surface area contributed by atoms with E-state index in [0.717, 1.165) is 45.5 Å². The summed E-state index contributed by atoms with van der Waals surface area (Å²) in [5, 5.41) is 107. The molecule has 2 aliphatic rings. The highest BCUT2D eigenvalue weighted by molar-refractivity contribution is 5.93. The molecule has 2 unspecified atom stereocenters. The average Bonchev–Trinajstić information content (AvgIpc) is 1.44. The van der Waals surface area contributed by atoms with Crippen LogP contribution in [0.25, 0.3) is 5.69 Å². The smallest absolute Gasteiger partial charge is 0.224 e. The fraction of sp³-hybridized carbons (Fsp3) is 0.353. The van der Waals surface area contributed by atoms with Crippen molar-refractivity contribution in [3.8, 4) is 5.69 Å². The summed E-state index contributed by atoms with van der Waals surface area (Å²) in [6.45, 7) is 4.78. The Hall–Kier alpha value is -9.88. The third-order valence-electron chi connectivity index (χ3n) is 16.1. The molecule has 9 aromatic heterocycles. The first-order valence-electron chi connectivity index (χ1n) is 32.3. The predicted molar refractivity (Wildman–Crippen MR) is 354 cm³/mol. The molecule has 2 fully saturated rings. The highest BCUT2D eigenvalue weighted by atomic mass is 16.6. The lowest BCUT2D eigenvalue weighted by molar-refractivity contribution is -0.354. The lowest BCUT2D eigenvalue weighted by atomic mass is 9.97. The van der Waals surface area contributed by atoms with Crippen molar-refractivity contribution in [2.45, 2.75) is 140 Å². The van der Waals surface area contributed by atoms with Gasteiger partial charge in [-0.15, -0.1) is 15.3 Å². The van der Waals surface area contributed by atoms with Crippen LogP contribution in [0.1, 0.15) is 70.1 Å². The maximum atomic E-state index is 12.0. The van der Waals surface area contributed by atoms with Crippen molar-refractivity contribution >= 4 is 17.4 Å². The highest BCUT2D eigenvalue weighted by Gasteiger charge is 2.46. The molecule has 10 atom stereocenters. The van der Waals surface area contributed by atoms with Crippen molar-refractivity contribution in [3.05, 3.63) is 240 Å². The van der Waals surface area contributed by atoms with Crippen molar-refractivity contribution in [1.82, 2.24) is 89.6 Å². The predicted octanol–water partition coefficient (Wildman–Crippen LogP) is 0.103. The number of pyridine rings is 6. The molecule has 0 radical (unpaired) electrons. The van der Waals surface area contributed by atoms with Crippen LogP contribution in [0, 0.1) is 0 Å². The highest BCUT2D eigenvalue weighted by Crippen LogP contribution is 2.29. The summed E-state index contributed by atoms with van der Waals surface area (Å²) in [5.74, 6) is -0.227. The zero-order valence-corrected chi connectivity index (χ0v) is 54.5.